The van der Waals surface area contributed by atoms with Crippen molar-refractivity contribution in [1.29, 1.82) is 0 Å². The Morgan fingerprint density at radius 3 is 1.87 bits per heavy atom. The minimum atomic E-state index is -5.40. The lowest BCUT2D eigenvalue weighted by Gasteiger charge is -2.59. The highest BCUT2D eigenvalue weighted by Gasteiger charge is 2.64. The standard InChI is InChI=1S/C16H23F4NO2/c1-9(21-13(22)15(17,23-2)16(18,19)20)14-6-10-3-11(7-14)5-12(4-10)8-14/h9-12H,3-8H2,1-2H3,(H,21,22)/t9-,10?,11?,12?,14?,15+/m1/s1. The molecule has 7 heteroatoms. The van der Waals surface area contributed by atoms with Gasteiger partial charge in [0.25, 0.3) is 5.91 Å². The summed E-state index contributed by atoms with van der Waals surface area (Å²) in [5.41, 5.74) is -0.190. The fraction of sp³-hybridized carbons (Fsp3) is 0.938. The van der Waals surface area contributed by atoms with Gasteiger partial charge in [-0.1, -0.05) is 0 Å². The molecule has 4 saturated carbocycles. The molecule has 23 heavy (non-hydrogen) atoms. The monoisotopic (exact) mass is 337 g/mol. The number of rotatable bonds is 4. The van der Waals surface area contributed by atoms with Crippen LogP contribution in [0.5, 0.6) is 0 Å². The summed E-state index contributed by atoms with van der Waals surface area (Å²) in [5, 5.41) is 2.28. The van der Waals surface area contributed by atoms with E-state index in [4.69, 9.17) is 0 Å². The third-order valence-electron chi connectivity index (χ3n) is 6.29. The van der Waals surface area contributed by atoms with Gasteiger partial charge < -0.3 is 10.1 Å². The fourth-order valence-corrected chi connectivity index (χ4v) is 5.49. The SMILES string of the molecule is CO[C@@](F)(C(=O)N[C@H](C)C12CC3CC(CC(C3)C1)C2)C(F)(F)F. The highest BCUT2D eigenvalue weighted by molar-refractivity contribution is 5.84. The normalized spacial score (nSPS) is 39.8. The Morgan fingerprint density at radius 2 is 1.52 bits per heavy atom. The lowest BCUT2D eigenvalue weighted by atomic mass is 9.48. The Morgan fingerprint density at radius 1 is 1.09 bits per heavy atom. The summed E-state index contributed by atoms with van der Waals surface area (Å²) in [4.78, 5) is 11.9. The first-order valence-electron chi connectivity index (χ1n) is 8.21. The van der Waals surface area contributed by atoms with Gasteiger partial charge in [-0.25, -0.2) is 0 Å². The lowest BCUT2D eigenvalue weighted by Crippen LogP contribution is -2.61. The van der Waals surface area contributed by atoms with Crippen molar-refractivity contribution in [3.05, 3.63) is 0 Å². The van der Waals surface area contributed by atoms with Gasteiger partial charge in [-0.15, -0.1) is 0 Å². The molecule has 0 aliphatic heterocycles. The first-order chi connectivity index (χ1) is 10.6. The number of methoxy groups -OCH3 is 1. The summed E-state index contributed by atoms with van der Waals surface area (Å²) >= 11 is 0. The third-order valence-corrected chi connectivity index (χ3v) is 6.29. The van der Waals surface area contributed by atoms with Crippen LogP contribution in [0.15, 0.2) is 0 Å². The molecular weight excluding hydrogens is 314 g/mol. The van der Waals surface area contributed by atoms with E-state index in [0.717, 1.165) is 19.3 Å². The molecular formula is C16H23F4NO2. The Kier molecular flexibility index (Phi) is 3.93. The van der Waals surface area contributed by atoms with Crippen molar-refractivity contribution in [2.24, 2.45) is 23.2 Å². The van der Waals surface area contributed by atoms with Crippen LogP contribution in [0, 0.1) is 23.2 Å². The van der Waals surface area contributed by atoms with Crippen LogP contribution in [0.1, 0.15) is 45.4 Å². The third kappa shape index (κ3) is 2.65. The smallest absolute Gasteiger partial charge is 0.348 e. The summed E-state index contributed by atoms with van der Waals surface area (Å²) in [6.45, 7) is 1.71. The van der Waals surface area contributed by atoms with E-state index in [1.54, 1.807) is 6.92 Å². The molecule has 4 aliphatic rings. The van der Waals surface area contributed by atoms with E-state index >= 15 is 0 Å². The zero-order chi connectivity index (χ0) is 17.0. The maximum Gasteiger partial charge on any atom is 0.458 e. The molecule has 0 spiro atoms. The van der Waals surface area contributed by atoms with Crippen LogP contribution in [-0.4, -0.2) is 31.1 Å². The van der Waals surface area contributed by atoms with Crippen LogP contribution in [-0.2, 0) is 9.53 Å². The molecule has 1 amide bonds. The number of hydrogen-bond donors (Lipinski definition) is 1. The molecule has 0 heterocycles. The van der Waals surface area contributed by atoms with Crippen LogP contribution in [0.2, 0.25) is 0 Å². The average molecular weight is 337 g/mol. The minimum Gasteiger partial charge on any atom is -0.348 e. The molecule has 4 rings (SSSR count). The number of amides is 1. The predicted molar refractivity (Wildman–Crippen MR) is 75.1 cm³/mol. The largest absolute Gasteiger partial charge is 0.458 e. The Bertz CT molecular complexity index is 458. The second kappa shape index (κ2) is 5.33. The molecule has 4 bridgehead atoms. The molecule has 4 aliphatic carbocycles. The molecule has 0 aromatic carbocycles. The molecule has 4 fully saturated rings. The Hall–Kier alpha value is -0.850. The van der Waals surface area contributed by atoms with E-state index in [1.807, 2.05) is 0 Å². The number of hydrogen-bond acceptors (Lipinski definition) is 2. The van der Waals surface area contributed by atoms with Gasteiger partial charge in [0.2, 0.25) is 0 Å². The van der Waals surface area contributed by atoms with Crippen molar-refractivity contribution in [3.63, 3.8) is 0 Å². The van der Waals surface area contributed by atoms with Crippen LogP contribution < -0.4 is 5.32 Å². The van der Waals surface area contributed by atoms with Gasteiger partial charge in [0.1, 0.15) is 0 Å². The maximum absolute atomic E-state index is 14.0. The van der Waals surface area contributed by atoms with Crippen molar-refractivity contribution in [2.75, 3.05) is 7.11 Å². The molecule has 2 atom stereocenters. The Labute approximate surface area is 133 Å². The molecule has 0 saturated heterocycles. The van der Waals surface area contributed by atoms with Crippen molar-refractivity contribution in [2.45, 2.75) is 63.5 Å². The number of ether oxygens (including phenoxy) is 1. The Balaban J connectivity index is 1.74. The molecule has 132 valence electrons. The fourth-order valence-electron chi connectivity index (χ4n) is 5.49. The zero-order valence-electron chi connectivity index (χ0n) is 13.4. The van der Waals surface area contributed by atoms with Crippen molar-refractivity contribution in [1.82, 2.24) is 5.32 Å². The summed E-state index contributed by atoms with van der Waals surface area (Å²) < 4.78 is 56.3. The quantitative estimate of drug-likeness (QED) is 0.796. The van der Waals surface area contributed by atoms with Crippen LogP contribution in [0.25, 0.3) is 0 Å². The topological polar surface area (TPSA) is 38.3 Å². The second-order valence-corrected chi connectivity index (χ2v) is 7.77. The molecule has 1 N–H and O–H groups in total. The van der Waals surface area contributed by atoms with Gasteiger partial charge in [0, 0.05) is 13.2 Å². The van der Waals surface area contributed by atoms with Crippen molar-refractivity contribution in [3.8, 4) is 0 Å². The highest BCUT2D eigenvalue weighted by Crippen LogP contribution is 2.61. The zero-order valence-corrected chi connectivity index (χ0v) is 13.4. The highest BCUT2D eigenvalue weighted by atomic mass is 19.4. The summed E-state index contributed by atoms with van der Waals surface area (Å²) in [6.07, 6.45) is 0.915. The van der Waals surface area contributed by atoms with E-state index in [2.05, 4.69) is 10.1 Å². The second-order valence-electron chi connectivity index (χ2n) is 7.77. The van der Waals surface area contributed by atoms with Gasteiger partial charge in [-0.05, 0) is 68.6 Å². The van der Waals surface area contributed by atoms with Crippen molar-refractivity contribution >= 4 is 5.91 Å². The van der Waals surface area contributed by atoms with E-state index in [1.165, 1.54) is 19.3 Å². The molecule has 0 unspecified atom stereocenters. The average Bonchev–Trinajstić information content (AvgIpc) is 2.43. The number of carbonyl (C=O) groups is 1. The van der Waals surface area contributed by atoms with Crippen LogP contribution in [0.3, 0.4) is 0 Å². The minimum absolute atomic E-state index is 0.190. The van der Waals surface area contributed by atoms with Gasteiger partial charge in [-0.2, -0.15) is 17.6 Å². The molecule has 0 aromatic heterocycles. The summed E-state index contributed by atoms with van der Waals surface area (Å²) in [7, 11) is 0.558. The molecule has 0 radical (unpaired) electrons. The van der Waals surface area contributed by atoms with E-state index in [-0.39, 0.29) is 5.41 Å². The maximum atomic E-state index is 14.0. The number of nitrogens with one attached hydrogen (secondary N) is 1. The number of alkyl halides is 4. The van der Waals surface area contributed by atoms with Crippen LogP contribution in [0.4, 0.5) is 17.6 Å². The predicted octanol–water partition coefficient (Wildman–Crippen LogP) is 3.58. The summed E-state index contributed by atoms with van der Waals surface area (Å²) in [5.74, 6) is -4.23. The number of carbonyl (C=O) groups excluding carboxylic acids is 1. The summed E-state index contributed by atoms with van der Waals surface area (Å²) in [6, 6.07) is -0.490. The van der Waals surface area contributed by atoms with E-state index < -0.39 is 24.0 Å². The molecule has 3 nitrogen and oxygen atoms in total. The van der Waals surface area contributed by atoms with E-state index in [9.17, 15) is 22.4 Å². The van der Waals surface area contributed by atoms with Gasteiger partial charge in [-0.3, -0.25) is 4.79 Å². The first-order valence-corrected chi connectivity index (χ1v) is 8.21. The van der Waals surface area contributed by atoms with Gasteiger partial charge >= 0.3 is 12.0 Å². The molecule has 0 aromatic rings. The van der Waals surface area contributed by atoms with Gasteiger partial charge in [0.05, 0.1) is 0 Å². The number of halogens is 4. The van der Waals surface area contributed by atoms with Crippen molar-refractivity contribution < 1.29 is 27.1 Å². The van der Waals surface area contributed by atoms with Gasteiger partial charge in [0.15, 0.2) is 0 Å². The van der Waals surface area contributed by atoms with Crippen LogP contribution >= 0.6 is 0 Å². The first kappa shape index (κ1) is 17.0. The lowest BCUT2D eigenvalue weighted by molar-refractivity contribution is -0.308. The van der Waals surface area contributed by atoms with E-state index in [0.29, 0.717) is 24.9 Å².